The quantitative estimate of drug-likeness (QED) is 0.409. The van der Waals surface area contributed by atoms with Crippen molar-refractivity contribution in [1.82, 2.24) is 0 Å². The predicted molar refractivity (Wildman–Crippen MR) is 68.3 cm³/mol. The molecule has 0 spiro atoms. The van der Waals surface area contributed by atoms with Crippen LogP contribution in [0.4, 0.5) is 48.3 Å². The minimum atomic E-state index is -7.20. The predicted octanol–water partition coefficient (Wildman–Crippen LogP) is 6.94. The summed E-state index contributed by atoms with van der Waals surface area (Å²) in [6, 6.07) is 0. The van der Waals surface area contributed by atoms with E-state index in [4.69, 9.17) is 0 Å². The van der Waals surface area contributed by atoms with Gasteiger partial charge in [0.25, 0.3) is 5.92 Å². The third-order valence-corrected chi connectivity index (χ3v) is 4.44. The zero-order valence-electron chi connectivity index (χ0n) is 14.1. The van der Waals surface area contributed by atoms with Crippen LogP contribution in [-0.2, 0) is 0 Å². The lowest BCUT2D eigenvalue weighted by molar-refractivity contribution is -0.425. The van der Waals surface area contributed by atoms with Gasteiger partial charge < -0.3 is 0 Å². The fraction of sp³-hybridized carbons (Fsp3) is 1.00. The van der Waals surface area contributed by atoms with Gasteiger partial charge in [-0.1, -0.05) is 27.2 Å². The number of hydrogen-bond donors (Lipinski definition) is 0. The zero-order chi connectivity index (χ0) is 20.9. The Labute approximate surface area is 137 Å². The molecule has 0 aliphatic heterocycles. The van der Waals surface area contributed by atoms with Gasteiger partial charge >= 0.3 is 23.9 Å². The van der Waals surface area contributed by atoms with E-state index < -0.39 is 47.1 Å². The van der Waals surface area contributed by atoms with Gasteiger partial charge in [0.1, 0.15) is 0 Å². The molecule has 0 atom stereocenters. The van der Waals surface area contributed by atoms with Gasteiger partial charge in [-0.05, 0) is 20.3 Å². The molecular formula is C14H19F11. The molecular weight excluding hydrogens is 377 g/mol. The zero-order valence-corrected chi connectivity index (χ0v) is 14.1. The average Bonchev–Trinajstić information content (AvgIpc) is 2.35. The van der Waals surface area contributed by atoms with Crippen molar-refractivity contribution < 1.29 is 48.3 Å². The van der Waals surface area contributed by atoms with E-state index in [9.17, 15) is 48.3 Å². The average molecular weight is 396 g/mol. The Morgan fingerprint density at radius 1 is 0.520 bits per heavy atom. The van der Waals surface area contributed by atoms with E-state index in [1.54, 1.807) is 0 Å². The Hall–Kier alpha value is -0.770. The van der Waals surface area contributed by atoms with Gasteiger partial charge in [0.2, 0.25) is 0 Å². The van der Waals surface area contributed by atoms with Crippen molar-refractivity contribution in [2.24, 2.45) is 10.8 Å². The summed E-state index contributed by atoms with van der Waals surface area (Å²) in [7, 11) is 0. The van der Waals surface area contributed by atoms with Crippen molar-refractivity contribution >= 4 is 0 Å². The van der Waals surface area contributed by atoms with E-state index in [2.05, 4.69) is 0 Å². The largest absolute Gasteiger partial charge is 0.460 e. The molecule has 0 aliphatic rings. The standard InChI is InChI=1S/C14H19F11/c1-6-7-8(2,3)10(15,16)9(4,5)11(17,18)12(19,20)13(21,22)14(23,24)25/h6-7H2,1-5H3. The van der Waals surface area contributed by atoms with Crippen molar-refractivity contribution in [2.75, 3.05) is 0 Å². The van der Waals surface area contributed by atoms with E-state index in [1.165, 1.54) is 6.92 Å². The van der Waals surface area contributed by atoms with Gasteiger partial charge in [-0.2, -0.15) is 39.5 Å². The van der Waals surface area contributed by atoms with E-state index in [-0.39, 0.29) is 20.3 Å². The lowest BCUT2D eigenvalue weighted by Crippen LogP contribution is -2.69. The molecule has 0 radical (unpaired) electrons. The Bertz CT molecular complexity index is 472. The molecule has 0 nitrogen and oxygen atoms in total. The maximum Gasteiger partial charge on any atom is 0.460 e. The second kappa shape index (κ2) is 6.14. The molecule has 0 fully saturated rings. The smallest absolute Gasteiger partial charge is 0.205 e. The van der Waals surface area contributed by atoms with Crippen LogP contribution in [0.25, 0.3) is 0 Å². The second-order valence-electron chi connectivity index (χ2n) is 7.05. The van der Waals surface area contributed by atoms with Crippen LogP contribution in [0.2, 0.25) is 0 Å². The molecule has 0 amide bonds. The lowest BCUT2D eigenvalue weighted by atomic mass is 9.64. The molecule has 0 aliphatic carbocycles. The molecule has 0 unspecified atom stereocenters. The summed E-state index contributed by atoms with van der Waals surface area (Å²) >= 11 is 0. The topological polar surface area (TPSA) is 0 Å². The maximum atomic E-state index is 14.5. The van der Waals surface area contributed by atoms with E-state index >= 15 is 0 Å². The van der Waals surface area contributed by atoms with Crippen LogP contribution >= 0.6 is 0 Å². The number of rotatable bonds is 7. The first-order valence-electron chi connectivity index (χ1n) is 7.14. The van der Waals surface area contributed by atoms with Crippen LogP contribution in [-0.4, -0.2) is 29.9 Å². The normalized spacial score (nSPS) is 16.3. The van der Waals surface area contributed by atoms with Crippen molar-refractivity contribution in [1.29, 1.82) is 0 Å². The second-order valence-corrected chi connectivity index (χ2v) is 7.05. The summed E-state index contributed by atoms with van der Waals surface area (Å²) in [6.45, 7) is 2.58. The fourth-order valence-corrected chi connectivity index (χ4v) is 2.59. The SMILES string of the molecule is CCCC(C)(C)C(F)(F)C(C)(C)C(F)(F)C(F)(F)C(F)(F)C(F)(F)F. The van der Waals surface area contributed by atoms with Crippen LogP contribution in [0.3, 0.4) is 0 Å². The third kappa shape index (κ3) is 3.20. The summed E-state index contributed by atoms with van der Waals surface area (Å²) in [5.74, 6) is -25.4. The van der Waals surface area contributed by atoms with Crippen LogP contribution in [0.15, 0.2) is 0 Å². The van der Waals surface area contributed by atoms with Crippen LogP contribution in [0, 0.1) is 10.8 Å². The molecule has 0 aromatic heterocycles. The minimum Gasteiger partial charge on any atom is -0.205 e. The molecule has 0 bridgehead atoms. The Kier molecular flexibility index (Phi) is 5.95. The molecule has 0 saturated carbocycles. The van der Waals surface area contributed by atoms with Crippen molar-refractivity contribution in [2.45, 2.75) is 77.3 Å². The Balaban J connectivity index is 6.40. The van der Waals surface area contributed by atoms with E-state index in [1.807, 2.05) is 0 Å². The van der Waals surface area contributed by atoms with Gasteiger partial charge in [-0.3, -0.25) is 0 Å². The minimum absolute atomic E-state index is 0.0132. The molecule has 152 valence electrons. The highest BCUT2D eigenvalue weighted by atomic mass is 19.4. The van der Waals surface area contributed by atoms with Gasteiger partial charge in [-0.25, -0.2) is 8.78 Å². The number of hydrogen-bond acceptors (Lipinski definition) is 0. The van der Waals surface area contributed by atoms with Crippen LogP contribution in [0.1, 0.15) is 47.5 Å². The summed E-state index contributed by atoms with van der Waals surface area (Å²) < 4.78 is 147. The Morgan fingerprint density at radius 3 is 1.16 bits per heavy atom. The van der Waals surface area contributed by atoms with Crippen molar-refractivity contribution in [3.63, 3.8) is 0 Å². The van der Waals surface area contributed by atoms with E-state index in [0.717, 1.165) is 13.8 Å². The van der Waals surface area contributed by atoms with Crippen molar-refractivity contribution in [3.8, 4) is 0 Å². The van der Waals surface area contributed by atoms with Gasteiger partial charge in [-0.15, -0.1) is 0 Å². The van der Waals surface area contributed by atoms with Gasteiger partial charge in [0.05, 0.1) is 5.41 Å². The summed E-state index contributed by atoms with van der Waals surface area (Å²) in [5.41, 5.74) is -6.57. The maximum absolute atomic E-state index is 14.5. The first-order valence-corrected chi connectivity index (χ1v) is 7.14. The molecule has 0 aromatic rings. The van der Waals surface area contributed by atoms with Crippen LogP contribution in [0.5, 0.6) is 0 Å². The summed E-state index contributed by atoms with van der Waals surface area (Å²) in [4.78, 5) is 0. The van der Waals surface area contributed by atoms with Crippen molar-refractivity contribution in [3.05, 3.63) is 0 Å². The molecule has 0 rings (SSSR count). The molecule has 25 heavy (non-hydrogen) atoms. The molecule has 0 N–H and O–H groups in total. The molecule has 0 aromatic carbocycles. The van der Waals surface area contributed by atoms with Gasteiger partial charge in [0.15, 0.2) is 0 Å². The summed E-state index contributed by atoms with van der Waals surface area (Å²) in [5, 5.41) is 0. The highest BCUT2D eigenvalue weighted by molar-refractivity contribution is 5.12. The van der Waals surface area contributed by atoms with E-state index in [0.29, 0.717) is 0 Å². The molecule has 11 heteroatoms. The summed E-state index contributed by atoms with van der Waals surface area (Å²) in [6.07, 6.45) is -7.50. The van der Waals surface area contributed by atoms with Gasteiger partial charge in [0, 0.05) is 5.41 Å². The van der Waals surface area contributed by atoms with Crippen LogP contribution < -0.4 is 0 Å². The highest BCUT2D eigenvalue weighted by Crippen LogP contribution is 2.64. The number of halogens is 11. The first-order chi connectivity index (χ1) is 10.6. The molecule has 0 saturated heterocycles. The first kappa shape index (κ1) is 24.2. The molecule has 0 heterocycles. The lowest BCUT2D eigenvalue weighted by Gasteiger charge is -2.50. The highest BCUT2D eigenvalue weighted by Gasteiger charge is 2.87. The number of alkyl halides is 11. The fourth-order valence-electron chi connectivity index (χ4n) is 2.59. The third-order valence-electron chi connectivity index (χ3n) is 4.44. The Morgan fingerprint density at radius 2 is 0.880 bits per heavy atom. The monoisotopic (exact) mass is 396 g/mol.